The lowest BCUT2D eigenvalue weighted by atomic mass is 9.49. The Kier molecular flexibility index (Phi) is 12.5. The van der Waals surface area contributed by atoms with E-state index in [1.165, 1.54) is 38.5 Å². The van der Waals surface area contributed by atoms with Gasteiger partial charge < -0.3 is 24.1 Å². The highest BCUT2D eigenvalue weighted by Crippen LogP contribution is 2.61. The van der Waals surface area contributed by atoms with Crippen LogP contribution < -0.4 is 0 Å². The van der Waals surface area contributed by atoms with E-state index >= 15 is 0 Å². The summed E-state index contributed by atoms with van der Waals surface area (Å²) in [6, 6.07) is 0. The van der Waals surface area contributed by atoms with Gasteiger partial charge >= 0.3 is 23.9 Å². The van der Waals surface area contributed by atoms with Crippen molar-refractivity contribution < 1.29 is 43.2 Å². The Morgan fingerprint density at radius 3 is 1.70 bits per heavy atom. The number of carbonyl (C=O) groups is 4. The zero-order valence-electron chi connectivity index (χ0n) is 35.6. The van der Waals surface area contributed by atoms with Crippen LogP contribution in [0.1, 0.15) is 172 Å². The third-order valence-corrected chi connectivity index (χ3v) is 15.3. The topological polar surface area (TPSA) is 125 Å². The SMILES string of the molecule is CCC(C)(C)C(=O)OC12CC3CC(CC(O)(C3)C1)C2.CCC(C)(C)C(=O)OC1C(=O)OCC1(C)C.CCC(C)C(=O)OC1(CC)C2CC3CC(C2)CC1C3. The van der Waals surface area contributed by atoms with E-state index in [2.05, 4.69) is 13.8 Å². The number of hydrogen-bond donors (Lipinski definition) is 1. The first-order chi connectivity index (χ1) is 25.0. The summed E-state index contributed by atoms with van der Waals surface area (Å²) in [6.45, 7) is 21.8. The van der Waals surface area contributed by atoms with Crippen LogP contribution in [-0.2, 0) is 38.1 Å². The van der Waals surface area contributed by atoms with Gasteiger partial charge in [-0.3, -0.25) is 14.4 Å². The van der Waals surface area contributed by atoms with Crippen LogP contribution in [0.25, 0.3) is 0 Å². The van der Waals surface area contributed by atoms with Crippen LogP contribution in [0.5, 0.6) is 0 Å². The van der Waals surface area contributed by atoms with Crippen LogP contribution in [-0.4, -0.2) is 58.5 Å². The van der Waals surface area contributed by atoms with Crippen molar-refractivity contribution in [2.75, 3.05) is 6.61 Å². The highest BCUT2D eigenvalue weighted by Gasteiger charge is 2.60. The number of esters is 4. The van der Waals surface area contributed by atoms with Gasteiger partial charge in [0.25, 0.3) is 0 Å². The lowest BCUT2D eigenvalue weighted by molar-refractivity contribution is -0.225. The molecule has 1 aliphatic heterocycles. The van der Waals surface area contributed by atoms with Crippen LogP contribution in [0.4, 0.5) is 0 Å². The van der Waals surface area contributed by atoms with Crippen LogP contribution in [0.3, 0.4) is 0 Å². The lowest BCUT2D eigenvalue weighted by Gasteiger charge is -2.60. The predicted molar refractivity (Wildman–Crippen MR) is 207 cm³/mol. The van der Waals surface area contributed by atoms with E-state index in [9.17, 15) is 24.3 Å². The summed E-state index contributed by atoms with van der Waals surface area (Å²) >= 11 is 0. The number of hydrogen-bond acceptors (Lipinski definition) is 9. The molecule has 4 unspecified atom stereocenters. The van der Waals surface area contributed by atoms with Crippen molar-refractivity contribution in [2.45, 2.75) is 195 Å². The molecule has 0 aromatic heterocycles. The molecular formula is C45H74O9. The number of carbonyl (C=O) groups excluding carboxylic acids is 4. The Morgan fingerprint density at radius 1 is 0.778 bits per heavy atom. The zero-order chi connectivity index (χ0) is 40.1. The maximum atomic E-state index is 12.4. The van der Waals surface area contributed by atoms with Gasteiger partial charge in [-0.2, -0.15) is 0 Å². The first-order valence-electron chi connectivity index (χ1n) is 21.6. The number of aliphatic hydroxyl groups is 1. The average Bonchev–Trinajstić information content (AvgIpc) is 3.35. The Morgan fingerprint density at radius 2 is 1.28 bits per heavy atom. The van der Waals surface area contributed by atoms with Crippen LogP contribution in [0, 0.1) is 57.7 Å². The fourth-order valence-electron chi connectivity index (χ4n) is 11.3. The second kappa shape index (κ2) is 15.6. The molecule has 8 bridgehead atoms. The largest absolute Gasteiger partial charge is 0.462 e. The van der Waals surface area contributed by atoms with Crippen LogP contribution in [0.2, 0.25) is 0 Å². The Hall–Kier alpha value is -2.16. The van der Waals surface area contributed by atoms with Crippen LogP contribution >= 0.6 is 0 Å². The Labute approximate surface area is 326 Å². The van der Waals surface area contributed by atoms with Gasteiger partial charge in [-0.1, -0.05) is 48.5 Å². The van der Waals surface area contributed by atoms with Gasteiger partial charge in [0.2, 0.25) is 6.10 Å². The molecule has 4 atom stereocenters. The van der Waals surface area contributed by atoms with Crippen LogP contribution in [0.15, 0.2) is 0 Å². The monoisotopic (exact) mass is 759 g/mol. The third kappa shape index (κ3) is 8.71. The molecule has 54 heavy (non-hydrogen) atoms. The molecule has 8 saturated carbocycles. The lowest BCUT2D eigenvalue weighted by Crippen LogP contribution is -2.61. The summed E-state index contributed by atoms with van der Waals surface area (Å²) in [7, 11) is 0. The van der Waals surface area contributed by atoms with E-state index in [0.717, 1.165) is 56.8 Å². The zero-order valence-corrected chi connectivity index (χ0v) is 35.6. The van der Waals surface area contributed by atoms with Gasteiger partial charge in [0.1, 0.15) is 17.8 Å². The van der Waals surface area contributed by atoms with Crippen molar-refractivity contribution in [2.24, 2.45) is 57.7 Å². The molecule has 0 spiro atoms. The molecule has 1 heterocycles. The number of rotatable bonds is 10. The summed E-state index contributed by atoms with van der Waals surface area (Å²) in [5.41, 5.74) is -2.42. The molecule has 9 aliphatic rings. The molecule has 1 N–H and O–H groups in total. The minimum Gasteiger partial charge on any atom is -0.462 e. The Bertz CT molecular complexity index is 1350. The number of ether oxygens (including phenoxy) is 4. The van der Waals surface area contributed by atoms with Crippen molar-refractivity contribution in [3.8, 4) is 0 Å². The van der Waals surface area contributed by atoms with E-state index in [1.54, 1.807) is 0 Å². The van der Waals surface area contributed by atoms with Gasteiger partial charge in [-0.15, -0.1) is 0 Å². The molecule has 1 saturated heterocycles. The van der Waals surface area contributed by atoms with E-state index < -0.39 is 33.9 Å². The average molecular weight is 759 g/mol. The molecule has 0 radical (unpaired) electrons. The first-order valence-corrected chi connectivity index (χ1v) is 21.6. The second-order valence-corrected chi connectivity index (χ2v) is 21.0. The normalized spacial score (nSPS) is 38.7. The summed E-state index contributed by atoms with van der Waals surface area (Å²) < 4.78 is 22.3. The minimum atomic E-state index is -0.772. The van der Waals surface area contributed by atoms with E-state index in [0.29, 0.717) is 43.1 Å². The van der Waals surface area contributed by atoms with Gasteiger partial charge in [0, 0.05) is 11.8 Å². The summed E-state index contributed by atoms with van der Waals surface area (Å²) in [4.78, 5) is 48.0. The van der Waals surface area contributed by atoms with Crippen molar-refractivity contribution >= 4 is 23.9 Å². The Balaban J connectivity index is 0.000000157. The highest BCUT2D eigenvalue weighted by molar-refractivity contribution is 5.83. The molecule has 9 nitrogen and oxygen atoms in total. The summed E-state index contributed by atoms with van der Waals surface area (Å²) in [5, 5.41) is 10.6. The number of cyclic esters (lactones) is 1. The molecule has 0 aromatic rings. The molecule has 9 rings (SSSR count). The molecule has 8 aliphatic carbocycles. The predicted octanol–water partition coefficient (Wildman–Crippen LogP) is 9.15. The molecule has 9 fully saturated rings. The van der Waals surface area contributed by atoms with Crippen molar-refractivity contribution in [1.82, 2.24) is 0 Å². The van der Waals surface area contributed by atoms with Gasteiger partial charge in [0.15, 0.2) is 0 Å². The van der Waals surface area contributed by atoms with Crippen molar-refractivity contribution in [1.29, 1.82) is 0 Å². The molecule has 0 amide bonds. The van der Waals surface area contributed by atoms with Gasteiger partial charge in [0.05, 0.1) is 22.3 Å². The fourth-order valence-corrected chi connectivity index (χ4v) is 11.3. The first kappa shape index (κ1) is 43.0. The molecular weight excluding hydrogens is 684 g/mol. The second-order valence-electron chi connectivity index (χ2n) is 21.0. The van der Waals surface area contributed by atoms with E-state index in [-0.39, 0.29) is 35.0 Å². The third-order valence-electron chi connectivity index (χ3n) is 15.3. The fraction of sp³-hybridized carbons (Fsp3) is 0.911. The van der Waals surface area contributed by atoms with Crippen molar-refractivity contribution in [3.05, 3.63) is 0 Å². The minimum absolute atomic E-state index is 0.0526. The summed E-state index contributed by atoms with van der Waals surface area (Å²) in [5.74, 6) is 3.54. The van der Waals surface area contributed by atoms with Gasteiger partial charge in [-0.25, -0.2) is 4.79 Å². The van der Waals surface area contributed by atoms with E-state index in [4.69, 9.17) is 18.9 Å². The standard InChI is InChI=1S/C17H28O2.C16H26O3.C12H20O4/c1-4-11(3)16(18)19-17(5-2)14-7-12-6-13(9-14)10-15(17)8-12;1-4-14(2,3)13(17)19-16-8-11-5-12(9-16)7-15(18,6-11)10-16;1-6-11(2,3)10(14)16-8-9(13)15-7-12(8,4)5/h11-15H,4-10H2,1-3H3;11-12,18H,4-10H2,1-3H3;8H,6-7H2,1-5H3. The van der Waals surface area contributed by atoms with Crippen molar-refractivity contribution in [3.63, 3.8) is 0 Å². The highest BCUT2D eigenvalue weighted by atomic mass is 16.6. The maximum absolute atomic E-state index is 12.4. The molecule has 0 aromatic carbocycles. The molecule has 308 valence electrons. The summed E-state index contributed by atoms with van der Waals surface area (Å²) in [6.07, 6.45) is 15.0. The molecule has 9 heteroatoms. The smallest absolute Gasteiger partial charge is 0.348 e. The quantitative estimate of drug-likeness (QED) is 0.172. The van der Waals surface area contributed by atoms with Gasteiger partial charge in [-0.05, 0) is 153 Å². The van der Waals surface area contributed by atoms with E-state index in [1.807, 2.05) is 62.3 Å². The maximum Gasteiger partial charge on any atom is 0.348 e.